The molecule has 0 atom stereocenters. The number of nitrogens with two attached hydrogens (primary N) is 1. The summed E-state index contributed by atoms with van der Waals surface area (Å²) in [6.07, 6.45) is 0. The van der Waals surface area contributed by atoms with E-state index in [9.17, 15) is 0 Å². The molecule has 3 rings (SSSR count). The molecule has 1 aromatic carbocycles. The second kappa shape index (κ2) is 5.35. The molecule has 0 saturated heterocycles. The number of hydrogen-bond donors (Lipinski definition) is 3. The van der Waals surface area contributed by atoms with Crippen LogP contribution in [0, 0.1) is 6.92 Å². The Balaban J connectivity index is 2.09. The Morgan fingerprint density at radius 1 is 1.25 bits per heavy atom. The maximum atomic E-state index is 5.42. The third-order valence-electron chi connectivity index (χ3n) is 2.91. The van der Waals surface area contributed by atoms with Crippen molar-refractivity contribution in [3.05, 3.63) is 39.7 Å². The molecule has 0 radical (unpaired) electrons. The Labute approximate surface area is 128 Å². The zero-order valence-corrected chi connectivity index (χ0v) is 13.0. The quantitative estimate of drug-likeness (QED) is 0.495. The van der Waals surface area contributed by atoms with Gasteiger partial charge in [0.15, 0.2) is 0 Å². The van der Waals surface area contributed by atoms with Gasteiger partial charge in [-0.25, -0.2) is 10.8 Å². The highest BCUT2D eigenvalue weighted by Crippen LogP contribution is 2.30. The highest BCUT2D eigenvalue weighted by atomic mass is 79.9. The molecule has 0 unspecified atom stereocenters. The van der Waals surface area contributed by atoms with Crippen LogP contribution in [-0.2, 0) is 0 Å². The highest BCUT2D eigenvalue weighted by Gasteiger charge is 2.10. The number of nitrogen functional groups attached to an aromatic ring is 1. The first-order valence-electron chi connectivity index (χ1n) is 5.92. The van der Waals surface area contributed by atoms with E-state index in [-0.39, 0.29) is 0 Å². The van der Waals surface area contributed by atoms with Crippen molar-refractivity contribution in [1.82, 2.24) is 9.97 Å². The summed E-state index contributed by atoms with van der Waals surface area (Å²) in [7, 11) is 0. The van der Waals surface area contributed by atoms with Crippen molar-refractivity contribution in [1.29, 1.82) is 0 Å². The number of anilines is 3. The van der Waals surface area contributed by atoms with Crippen LogP contribution in [0.1, 0.15) is 5.56 Å². The number of aromatic nitrogens is 2. The van der Waals surface area contributed by atoms with Crippen LogP contribution in [-0.4, -0.2) is 9.97 Å². The van der Waals surface area contributed by atoms with E-state index >= 15 is 0 Å². The SMILES string of the molecule is Cc1ccc(Br)cc1Nc1nc(NN)nc2sccc12. The van der Waals surface area contributed by atoms with E-state index in [0.29, 0.717) is 5.95 Å². The number of nitrogens with one attached hydrogen (secondary N) is 2. The molecule has 4 N–H and O–H groups in total. The van der Waals surface area contributed by atoms with Crippen molar-refractivity contribution in [3.63, 3.8) is 0 Å². The summed E-state index contributed by atoms with van der Waals surface area (Å²) < 4.78 is 1.01. The van der Waals surface area contributed by atoms with Gasteiger partial charge in [0.2, 0.25) is 5.95 Å². The maximum absolute atomic E-state index is 5.42. The molecule has 0 amide bonds. The monoisotopic (exact) mass is 349 g/mol. The Kier molecular flexibility index (Phi) is 3.56. The Morgan fingerprint density at radius 3 is 2.90 bits per heavy atom. The molecule has 2 aromatic heterocycles. The molecule has 0 aliphatic carbocycles. The molecule has 0 bridgehead atoms. The zero-order chi connectivity index (χ0) is 14.1. The molecule has 0 saturated carbocycles. The van der Waals surface area contributed by atoms with E-state index in [4.69, 9.17) is 5.84 Å². The van der Waals surface area contributed by atoms with E-state index in [2.05, 4.69) is 36.6 Å². The van der Waals surface area contributed by atoms with Crippen molar-refractivity contribution in [2.24, 2.45) is 5.84 Å². The molecule has 0 spiro atoms. The number of hydrazine groups is 1. The minimum absolute atomic E-state index is 0.398. The summed E-state index contributed by atoms with van der Waals surface area (Å²) in [5.74, 6) is 6.56. The number of nitrogens with zero attached hydrogens (tertiary/aromatic N) is 2. The highest BCUT2D eigenvalue weighted by molar-refractivity contribution is 9.10. The molecule has 0 aliphatic heterocycles. The van der Waals surface area contributed by atoms with Gasteiger partial charge in [-0.3, -0.25) is 5.43 Å². The first-order valence-corrected chi connectivity index (χ1v) is 7.59. The number of halogens is 1. The molecular formula is C13H12BrN5S. The smallest absolute Gasteiger partial charge is 0.240 e. The third kappa shape index (κ3) is 2.47. The summed E-state index contributed by atoms with van der Waals surface area (Å²) in [4.78, 5) is 9.60. The van der Waals surface area contributed by atoms with Gasteiger partial charge in [0, 0.05) is 10.2 Å². The average molecular weight is 350 g/mol. The number of rotatable bonds is 3. The van der Waals surface area contributed by atoms with Gasteiger partial charge in [-0.05, 0) is 36.1 Å². The number of aryl methyl sites for hydroxylation is 1. The van der Waals surface area contributed by atoms with Gasteiger partial charge >= 0.3 is 0 Å². The van der Waals surface area contributed by atoms with Gasteiger partial charge < -0.3 is 5.32 Å². The molecular weight excluding hydrogens is 338 g/mol. The van der Waals surface area contributed by atoms with Crippen molar-refractivity contribution in [2.75, 3.05) is 10.7 Å². The molecule has 3 aromatic rings. The molecule has 2 heterocycles. The normalized spacial score (nSPS) is 10.8. The van der Waals surface area contributed by atoms with Gasteiger partial charge in [-0.1, -0.05) is 22.0 Å². The van der Waals surface area contributed by atoms with Crippen LogP contribution in [0.3, 0.4) is 0 Å². The Morgan fingerprint density at radius 2 is 2.10 bits per heavy atom. The molecule has 20 heavy (non-hydrogen) atoms. The summed E-state index contributed by atoms with van der Waals surface area (Å²) in [6.45, 7) is 2.04. The zero-order valence-electron chi connectivity index (χ0n) is 10.6. The molecule has 5 nitrogen and oxygen atoms in total. The van der Waals surface area contributed by atoms with Crippen LogP contribution in [0.4, 0.5) is 17.5 Å². The number of benzene rings is 1. The standard InChI is InChI=1S/C13H12BrN5S/c1-7-2-3-8(14)6-10(7)16-11-9-4-5-20-12(9)18-13(17-11)19-15/h2-6H,15H2,1H3,(H2,16,17,18,19). The fourth-order valence-corrected chi connectivity index (χ4v) is 3.00. The molecule has 0 fully saturated rings. The lowest BCUT2D eigenvalue weighted by molar-refractivity contribution is 1.16. The predicted molar refractivity (Wildman–Crippen MR) is 87.4 cm³/mol. The Hall–Kier alpha value is -1.70. The van der Waals surface area contributed by atoms with E-state index in [1.807, 2.05) is 36.6 Å². The van der Waals surface area contributed by atoms with Crippen molar-refractivity contribution in [3.8, 4) is 0 Å². The largest absolute Gasteiger partial charge is 0.339 e. The summed E-state index contributed by atoms with van der Waals surface area (Å²) >= 11 is 5.03. The van der Waals surface area contributed by atoms with E-state index in [0.717, 1.165) is 31.8 Å². The van der Waals surface area contributed by atoms with E-state index in [1.54, 1.807) is 11.3 Å². The second-order valence-electron chi connectivity index (χ2n) is 4.26. The van der Waals surface area contributed by atoms with Crippen LogP contribution >= 0.6 is 27.3 Å². The van der Waals surface area contributed by atoms with Gasteiger partial charge in [-0.2, -0.15) is 4.98 Å². The summed E-state index contributed by atoms with van der Waals surface area (Å²) in [6, 6.07) is 8.06. The first kappa shape index (κ1) is 13.3. The van der Waals surface area contributed by atoms with Gasteiger partial charge in [0.05, 0.1) is 5.39 Å². The average Bonchev–Trinajstić information content (AvgIpc) is 2.91. The van der Waals surface area contributed by atoms with E-state index < -0.39 is 0 Å². The topological polar surface area (TPSA) is 75.9 Å². The van der Waals surface area contributed by atoms with Crippen LogP contribution in [0.15, 0.2) is 34.1 Å². The summed E-state index contributed by atoms with van der Waals surface area (Å²) in [5, 5.41) is 6.31. The lowest BCUT2D eigenvalue weighted by Crippen LogP contribution is -2.11. The fourth-order valence-electron chi connectivity index (χ4n) is 1.87. The van der Waals surface area contributed by atoms with Crippen LogP contribution in [0.2, 0.25) is 0 Å². The first-order chi connectivity index (χ1) is 9.67. The van der Waals surface area contributed by atoms with Crippen molar-refractivity contribution < 1.29 is 0 Å². The van der Waals surface area contributed by atoms with E-state index in [1.165, 1.54) is 0 Å². The van der Waals surface area contributed by atoms with Gasteiger partial charge in [0.1, 0.15) is 10.6 Å². The third-order valence-corrected chi connectivity index (χ3v) is 4.21. The lowest BCUT2D eigenvalue weighted by atomic mass is 10.2. The van der Waals surface area contributed by atoms with Crippen molar-refractivity contribution >= 4 is 54.9 Å². The number of fused-ring (bicyclic) bond motifs is 1. The minimum Gasteiger partial charge on any atom is -0.339 e. The minimum atomic E-state index is 0.398. The van der Waals surface area contributed by atoms with Crippen LogP contribution < -0.4 is 16.6 Å². The molecule has 0 aliphatic rings. The van der Waals surface area contributed by atoms with Crippen LogP contribution in [0.5, 0.6) is 0 Å². The lowest BCUT2D eigenvalue weighted by Gasteiger charge is -2.11. The van der Waals surface area contributed by atoms with Crippen molar-refractivity contribution in [2.45, 2.75) is 6.92 Å². The number of thiophene rings is 1. The summed E-state index contributed by atoms with van der Waals surface area (Å²) in [5.41, 5.74) is 4.63. The van der Waals surface area contributed by atoms with Gasteiger partial charge in [-0.15, -0.1) is 11.3 Å². The second-order valence-corrected chi connectivity index (χ2v) is 6.07. The Bertz CT molecular complexity index is 771. The van der Waals surface area contributed by atoms with Crippen LogP contribution in [0.25, 0.3) is 10.2 Å². The fraction of sp³-hybridized carbons (Fsp3) is 0.0769. The van der Waals surface area contributed by atoms with Gasteiger partial charge in [0.25, 0.3) is 0 Å². The molecule has 102 valence electrons. The molecule has 7 heteroatoms. The predicted octanol–water partition coefficient (Wildman–Crippen LogP) is 3.79. The maximum Gasteiger partial charge on any atom is 0.240 e. The number of hydrogen-bond acceptors (Lipinski definition) is 6.